The van der Waals surface area contributed by atoms with Crippen LogP contribution >= 0.6 is 0 Å². The summed E-state index contributed by atoms with van der Waals surface area (Å²) in [6.45, 7) is 20.2. The molecule has 6 heteroatoms. The zero-order valence-corrected chi connectivity index (χ0v) is 33.8. The molecule has 4 aromatic carbocycles. The molecule has 0 unspecified atom stereocenters. The molecular formula is C43H45Cl2F3Zr. The summed E-state index contributed by atoms with van der Waals surface area (Å²) in [4.78, 5) is 0. The van der Waals surface area contributed by atoms with E-state index in [2.05, 4.69) is 129 Å². The minimum absolute atomic E-state index is 0. The topological polar surface area (TPSA) is 0 Å². The standard InChI is InChI=1S/C23H29.C15H11F3.C5H5.2ClH.Zr/c1-14-9-16-11-17-10-15(2)21(23(6,7)8)13-19(17)18(16)12-20(14)22(3,4)5;1-11-5-7-12(8-6-11)9-13-3-2-4-14(10-13)15(16,17)18;1-2-4-5-3-1;;;/h9-13H,1-8H3;2-8,10H,1H3;1-3H,4H2;2*1H;/q;;;;;+2/p-2. The first-order chi connectivity index (χ1) is 21.9. The van der Waals surface area contributed by atoms with Crippen molar-refractivity contribution >= 4 is 3.21 Å². The molecule has 0 spiro atoms. The Bertz CT molecular complexity index is 1910. The molecule has 0 heterocycles. The Morgan fingerprint density at radius 1 is 0.673 bits per heavy atom. The Balaban J connectivity index is 0.00000270. The molecule has 0 aromatic heterocycles. The van der Waals surface area contributed by atoms with Crippen LogP contribution in [0.3, 0.4) is 0 Å². The third kappa shape index (κ3) is 7.58. The van der Waals surface area contributed by atoms with Crippen LogP contribution in [0.2, 0.25) is 0 Å². The molecule has 0 radical (unpaired) electrons. The van der Waals surface area contributed by atoms with Gasteiger partial charge in [0.05, 0.1) is 0 Å². The van der Waals surface area contributed by atoms with Crippen molar-refractivity contribution in [3.05, 3.63) is 150 Å². The third-order valence-corrected chi connectivity index (χ3v) is 18.1. The monoisotopic (exact) mass is 778 g/mol. The number of rotatable bonds is 4. The summed E-state index contributed by atoms with van der Waals surface area (Å²) in [6, 6.07) is 24.3. The van der Waals surface area contributed by atoms with Crippen molar-refractivity contribution in [2.45, 2.75) is 89.4 Å². The fraction of sp³-hybridized carbons (Fsp3) is 0.326. The van der Waals surface area contributed by atoms with Gasteiger partial charge in [-0.3, -0.25) is 0 Å². The van der Waals surface area contributed by atoms with Crippen LogP contribution in [0, 0.1) is 20.8 Å². The molecule has 0 atom stereocenters. The zero-order chi connectivity index (χ0) is 34.1. The molecule has 0 N–H and O–H groups in total. The van der Waals surface area contributed by atoms with Gasteiger partial charge in [0, 0.05) is 0 Å². The molecule has 0 saturated carbocycles. The summed E-state index contributed by atoms with van der Waals surface area (Å²) >= 11 is -3.15. The van der Waals surface area contributed by atoms with Crippen molar-refractivity contribution in [2.24, 2.45) is 0 Å². The van der Waals surface area contributed by atoms with E-state index in [-0.39, 0.29) is 39.3 Å². The van der Waals surface area contributed by atoms with Gasteiger partial charge in [-0.05, 0) is 0 Å². The van der Waals surface area contributed by atoms with Gasteiger partial charge in [-0.25, -0.2) is 0 Å². The first-order valence-corrected chi connectivity index (χ1v) is 20.5. The largest absolute Gasteiger partial charge is 1.00 e. The van der Waals surface area contributed by atoms with Crippen LogP contribution in [0.1, 0.15) is 107 Å². The minimum Gasteiger partial charge on any atom is -1.00 e. The quantitative estimate of drug-likeness (QED) is 0.238. The van der Waals surface area contributed by atoms with Crippen LogP contribution in [-0.2, 0) is 38.3 Å². The molecular weight excluding hydrogens is 736 g/mol. The average molecular weight is 781 g/mol. The number of hydrogen-bond donors (Lipinski definition) is 0. The molecule has 2 aliphatic carbocycles. The molecule has 6 rings (SSSR count). The maximum Gasteiger partial charge on any atom is -1.00 e. The second-order valence-corrected chi connectivity index (χ2v) is 21.8. The van der Waals surface area contributed by atoms with E-state index in [1.807, 2.05) is 6.07 Å². The number of alkyl halides is 3. The second kappa shape index (κ2) is 14.2. The van der Waals surface area contributed by atoms with E-state index in [0.29, 0.717) is 5.56 Å². The van der Waals surface area contributed by atoms with E-state index in [0.717, 1.165) is 20.8 Å². The van der Waals surface area contributed by atoms with E-state index in [4.69, 9.17) is 0 Å². The Morgan fingerprint density at radius 2 is 1.20 bits per heavy atom. The van der Waals surface area contributed by atoms with E-state index in [1.54, 1.807) is 6.07 Å². The van der Waals surface area contributed by atoms with E-state index in [9.17, 15) is 13.2 Å². The molecule has 4 aromatic rings. The molecule has 256 valence electrons. The van der Waals surface area contributed by atoms with Gasteiger partial charge in [-0.15, -0.1) is 0 Å². The van der Waals surface area contributed by atoms with Crippen LogP contribution in [0.5, 0.6) is 0 Å². The van der Waals surface area contributed by atoms with Crippen molar-refractivity contribution in [1.29, 1.82) is 0 Å². The van der Waals surface area contributed by atoms with E-state index in [1.165, 1.54) is 59.9 Å². The SMILES string of the molecule is Cc1ccc(/[C](c2cccc(C(F)(F)F)c2)=[Zr+2](/[C]2=CC=CC2)[CH]2c3cc(C)c(C(C)(C)C)cc3-c3cc(C(C)(C)C)c(C)cc32)cc1.[Cl-].[Cl-]. The molecule has 0 bridgehead atoms. The zero-order valence-electron chi connectivity index (χ0n) is 29.8. The summed E-state index contributed by atoms with van der Waals surface area (Å²) in [7, 11) is 0. The molecule has 0 saturated heterocycles. The Kier molecular flexibility index (Phi) is 11.4. The summed E-state index contributed by atoms with van der Waals surface area (Å²) in [5.74, 6) is 0. The van der Waals surface area contributed by atoms with Crippen LogP contribution < -0.4 is 24.8 Å². The van der Waals surface area contributed by atoms with Gasteiger partial charge in [0.15, 0.2) is 0 Å². The average Bonchev–Trinajstić information content (AvgIpc) is 3.61. The molecule has 0 amide bonds. The summed E-state index contributed by atoms with van der Waals surface area (Å²) < 4.78 is 45.4. The first kappa shape index (κ1) is 39.3. The van der Waals surface area contributed by atoms with Crippen molar-refractivity contribution in [2.75, 3.05) is 0 Å². The number of halogens is 5. The van der Waals surface area contributed by atoms with Crippen molar-refractivity contribution in [1.82, 2.24) is 0 Å². The summed E-state index contributed by atoms with van der Waals surface area (Å²) in [5, 5.41) is 0. The Hall–Kier alpha value is -2.52. The minimum atomic E-state index is -4.42. The van der Waals surface area contributed by atoms with Gasteiger partial charge < -0.3 is 24.8 Å². The van der Waals surface area contributed by atoms with Crippen molar-refractivity contribution in [3.8, 4) is 11.1 Å². The number of benzene rings is 4. The smallest absolute Gasteiger partial charge is 1.00 e. The third-order valence-electron chi connectivity index (χ3n) is 9.82. The Labute approximate surface area is 310 Å². The van der Waals surface area contributed by atoms with Crippen LogP contribution in [-0.4, -0.2) is 3.21 Å². The van der Waals surface area contributed by atoms with Crippen LogP contribution in [0.15, 0.2) is 94.3 Å². The normalized spacial score (nSPS) is 14.4. The predicted molar refractivity (Wildman–Crippen MR) is 188 cm³/mol. The summed E-state index contributed by atoms with van der Waals surface area (Å²) in [6.07, 6.45) is 3.07. The number of hydrogen-bond acceptors (Lipinski definition) is 0. The molecule has 0 nitrogen and oxygen atoms in total. The van der Waals surface area contributed by atoms with Crippen LogP contribution in [0.25, 0.3) is 11.1 Å². The first-order valence-electron chi connectivity index (χ1n) is 16.6. The second-order valence-electron chi connectivity index (χ2n) is 15.5. The van der Waals surface area contributed by atoms with Gasteiger partial charge in [0.25, 0.3) is 0 Å². The van der Waals surface area contributed by atoms with Crippen molar-refractivity contribution in [3.63, 3.8) is 0 Å². The maximum atomic E-state index is 14.2. The van der Waals surface area contributed by atoms with Gasteiger partial charge >= 0.3 is 288 Å². The summed E-state index contributed by atoms with van der Waals surface area (Å²) in [5.41, 5.74) is 12.7. The van der Waals surface area contributed by atoms with Gasteiger partial charge in [0.1, 0.15) is 0 Å². The van der Waals surface area contributed by atoms with Crippen LogP contribution in [0.4, 0.5) is 13.2 Å². The maximum absolute atomic E-state index is 14.2. The van der Waals surface area contributed by atoms with Gasteiger partial charge in [-0.2, -0.15) is 0 Å². The van der Waals surface area contributed by atoms with E-state index < -0.39 is 33.0 Å². The molecule has 2 aliphatic rings. The number of allylic oxidation sites excluding steroid dienone is 4. The van der Waals surface area contributed by atoms with Gasteiger partial charge in [0.2, 0.25) is 0 Å². The fourth-order valence-electron chi connectivity index (χ4n) is 7.69. The van der Waals surface area contributed by atoms with E-state index >= 15 is 0 Å². The van der Waals surface area contributed by atoms with Crippen molar-refractivity contribution < 1.29 is 59.3 Å². The van der Waals surface area contributed by atoms with Gasteiger partial charge in [-0.1, -0.05) is 0 Å². The molecule has 0 aliphatic heterocycles. The molecule has 0 fully saturated rings. The Morgan fingerprint density at radius 3 is 1.65 bits per heavy atom. The molecule has 49 heavy (non-hydrogen) atoms. The predicted octanol–water partition coefficient (Wildman–Crippen LogP) is 6.03. The fourth-order valence-corrected chi connectivity index (χ4v) is 16.6. The number of aryl methyl sites for hydroxylation is 3. The number of fused-ring (bicyclic) bond motifs is 3.